The highest BCUT2D eigenvalue weighted by Crippen LogP contribution is 2.45. The Kier molecular flexibility index (Phi) is 4.22. The summed E-state index contributed by atoms with van der Waals surface area (Å²) in [6.07, 6.45) is 3.15. The van der Waals surface area contributed by atoms with Gasteiger partial charge in [-0.25, -0.2) is 0 Å². The molecule has 1 rings (SSSR count). The highest BCUT2D eigenvalue weighted by atomic mass is 32.3. The fourth-order valence-corrected chi connectivity index (χ4v) is 3.29. The van der Waals surface area contributed by atoms with E-state index in [0.29, 0.717) is 24.3 Å². The fourth-order valence-electron chi connectivity index (χ4n) is 1.57. The molecule has 4 nitrogen and oxygen atoms in total. The Hall–Kier alpha value is -0.260. The van der Waals surface area contributed by atoms with Gasteiger partial charge in [0.2, 0.25) is 5.91 Å². The van der Waals surface area contributed by atoms with Gasteiger partial charge in [0, 0.05) is 18.2 Å². The van der Waals surface area contributed by atoms with Crippen LogP contribution in [0.3, 0.4) is 0 Å². The molecule has 0 bridgehead atoms. The molecule has 1 atom stereocenters. The summed E-state index contributed by atoms with van der Waals surface area (Å²) in [4.78, 5) is 11.3. The number of unbranched alkanes of at least 4 members (excludes halogenated alkanes) is 1. The third-order valence-corrected chi connectivity index (χ3v) is 4.21. The molecule has 0 saturated carbocycles. The molecule has 14 heavy (non-hydrogen) atoms. The van der Waals surface area contributed by atoms with Crippen molar-refractivity contribution < 1.29 is 13.9 Å². The third-order valence-electron chi connectivity index (χ3n) is 2.38. The summed E-state index contributed by atoms with van der Waals surface area (Å²) in [6.45, 7) is 2.04. The van der Waals surface area contributed by atoms with Gasteiger partial charge in [-0.05, 0) is 12.8 Å². The lowest BCUT2D eigenvalue weighted by atomic mass is 10.2. The summed E-state index contributed by atoms with van der Waals surface area (Å²) in [5.41, 5.74) is 0. The Morgan fingerprint density at radius 2 is 2.29 bits per heavy atom. The Morgan fingerprint density at radius 3 is 2.79 bits per heavy atom. The summed E-state index contributed by atoms with van der Waals surface area (Å²) < 4.78 is 18.7. The Bertz CT molecular complexity index is 208. The molecule has 0 spiro atoms. The summed E-state index contributed by atoms with van der Waals surface area (Å²) in [5, 5.41) is 2.83. The average Bonchev–Trinajstić information content (AvgIpc) is 2.42. The SMILES string of the molecule is CCCCC(=O)NC1CCS(O)(O)C1. The summed E-state index contributed by atoms with van der Waals surface area (Å²) in [5.74, 6) is 0.810. The quantitative estimate of drug-likeness (QED) is 0.678. The minimum atomic E-state index is -2.38. The standard InChI is InChI=1S/C9H19NO3S/c1-2-3-4-9(11)10-8-5-6-14(12,13)7-8/h8,12-13H,2-7H2,1H3,(H,10,11). The predicted octanol–water partition coefficient (Wildman–Crippen LogP) is 1.82. The molecule has 1 saturated heterocycles. The second-order valence-electron chi connectivity index (χ2n) is 3.83. The maximum Gasteiger partial charge on any atom is 0.220 e. The molecule has 0 aliphatic carbocycles. The van der Waals surface area contributed by atoms with Crippen molar-refractivity contribution in [3.05, 3.63) is 0 Å². The van der Waals surface area contributed by atoms with Crippen LogP contribution in [-0.2, 0) is 4.79 Å². The molecule has 1 aliphatic rings. The van der Waals surface area contributed by atoms with Crippen LogP contribution in [0, 0.1) is 0 Å². The van der Waals surface area contributed by atoms with E-state index in [4.69, 9.17) is 0 Å². The number of hydrogen-bond donors (Lipinski definition) is 3. The van der Waals surface area contributed by atoms with Crippen molar-refractivity contribution in [1.29, 1.82) is 0 Å². The van der Waals surface area contributed by atoms with Gasteiger partial charge in [-0.1, -0.05) is 13.3 Å². The van der Waals surface area contributed by atoms with Crippen LogP contribution < -0.4 is 5.32 Å². The molecule has 1 aliphatic heterocycles. The van der Waals surface area contributed by atoms with Crippen LogP contribution in [-0.4, -0.2) is 32.6 Å². The first-order valence-corrected chi connectivity index (χ1v) is 6.95. The number of carbonyl (C=O) groups is 1. The average molecular weight is 221 g/mol. The minimum absolute atomic E-state index is 0.0237. The number of hydrogen-bond acceptors (Lipinski definition) is 3. The van der Waals surface area contributed by atoms with E-state index in [2.05, 4.69) is 5.32 Å². The first-order valence-electron chi connectivity index (χ1n) is 5.06. The van der Waals surface area contributed by atoms with Crippen molar-refractivity contribution in [2.75, 3.05) is 11.5 Å². The van der Waals surface area contributed by atoms with Crippen LogP contribution in [0.25, 0.3) is 0 Å². The molecule has 0 aromatic rings. The van der Waals surface area contributed by atoms with Gasteiger partial charge in [-0.15, -0.1) is 0 Å². The van der Waals surface area contributed by atoms with Gasteiger partial charge in [0.1, 0.15) is 0 Å². The zero-order valence-corrected chi connectivity index (χ0v) is 9.35. The highest BCUT2D eigenvalue weighted by molar-refractivity contribution is 8.24. The molecular weight excluding hydrogens is 202 g/mol. The van der Waals surface area contributed by atoms with Gasteiger partial charge in [0.05, 0.1) is 5.75 Å². The number of nitrogens with one attached hydrogen (secondary N) is 1. The molecule has 84 valence electrons. The lowest BCUT2D eigenvalue weighted by Gasteiger charge is -2.26. The largest absolute Gasteiger partial charge is 0.352 e. The normalized spacial score (nSPS) is 27.2. The second kappa shape index (κ2) is 5.00. The minimum Gasteiger partial charge on any atom is -0.352 e. The first-order chi connectivity index (χ1) is 6.53. The highest BCUT2D eigenvalue weighted by Gasteiger charge is 2.28. The maximum absolute atomic E-state index is 11.3. The maximum atomic E-state index is 11.3. The predicted molar refractivity (Wildman–Crippen MR) is 58.7 cm³/mol. The van der Waals surface area contributed by atoms with Crippen LogP contribution in [0.5, 0.6) is 0 Å². The van der Waals surface area contributed by atoms with Crippen molar-refractivity contribution in [1.82, 2.24) is 5.32 Å². The van der Waals surface area contributed by atoms with Crippen molar-refractivity contribution in [3.8, 4) is 0 Å². The van der Waals surface area contributed by atoms with Gasteiger partial charge in [0.15, 0.2) is 0 Å². The Labute approximate surface area is 86.4 Å². The van der Waals surface area contributed by atoms with Gasteiger partial charge in [-0.2, -0.15) is 10.6 Å². The van der Waals surface area contributed by atoms with E-state index in [1.165, 1.54) is 0 Å². The smallest absolute Gasteiger partial charge is 0.220 e. The molecule has 0 radical (unpaired) electrons. The molecule has 1 heterocycles. The molecule has 3 N–H and O–H groups in total. The van der Waals surface area contributed by atoms with E-state index in [1.807, 2.05) is 6.92 Å². The molecule has 5 heteroatoms. The van der Waals surface area contributed by atoms with Crippen LogP contribution in [0.2, 0.25) is 0 Å². The fraction of sp³-hybridized carbons (Fsp3) is 0.889. The van der Waals surface area contributed by atoms with Gasteiger partial charge >= 0.3 is 0 Å². The van der Waals surface area contributed by atoms with E-state index < -0.39 is 10.6 Å². The van der Waals surface area contributed by atoms with Gasteiger partial charge < -0.3 is 5.32 Å². The van der Waals surface area contributed by atoms with Crippen LogP contribution in [0.15, 0.2) is 0 Å². The Balaban J connectivity index is 2.22. The van der Waals surface area contributed by atoms with Crippen molar-refractivity contribution in [3.63, 3.8) is 0 Å². The van der Waals surface area contributed by atoms with E-state index in [9.17, 15) is 13.9 Å². The zero-order valence-electron chi connectivity index (χ0n) is 8.53. The molecular formula is C9H19NO3S. The van der Waals surface area contributed by atoms with E-state index in [0.717, 1.165) is 12.8 Å². The van der Waals surface area contributed by atoms with Gasteiger partial charge in [0.25, 0.3) is 0 Å². The third kappa shape index (κ3) is 3.86. The lowest BCUT2D eigenvalue weighted by molar-refractivity contribution is -0.121. The van der Waals surface area contributed by atoms with E-state index in [-0.39, 0.29) is 11.9 Å². The Morgan fingerprint density at radius 1 is 1.57 bits per heavy atom. The van der Waals surface area contributed by atoms with Crippen molar-refractivity contribution in [2.45, 2.75) is 38.6 Å². The van der Waals surface area contributed by atoms with Crippen molar-refractivity contribution in [2.24, 2.45) is 0 Å². The van der Waals surface area contributed by atoms with Gasteiger partial charge in [-0.3, -0.25) is 13.9 Å². The van der Waals surface area contributed by atoms with Crippen LogP contribution in [0.1, 0.15) is 32.6 Å². The van der Waals surface area contributed by atoms with E-state index >= 15 is 0 Å². The molecule has 1 amide bonds. The monoisotopic (exact) mass is 221 g/mol. The number of carbonyl (C=O) groups excluding carboxylic acids is 1. The topological polar surface area (TPSA) is 69.6 Å². The van der Waals surface area contributed by atoms with E-state index in [1.54, 1.807) is 0 Å². The second-order valence-corrected chi connectivity index (χ2v) is 6.18. The number of amides is 1. The molecule has 1 fully saturated rings. The summed E-state index contributed by atoms with van der Waals surface area (Å²) in [7, 11) is -2.38. The summed E-state index contributed by atoms with van der Waals surface area (Å²) in [6, 6.07) is -0.0237. The van der Waals surface area contributed by atoms with Crippen LogP contribution in [0.4, 0.5) is 0 Å². The first kappa shape index (κ1) is 11.8. The molecule has 0 aromatic heterocycles. The lowest BCUT2D eigenvalue weighted by Crippen LogP contribution is -2.35. The zero-order chi connectivity index (χ0) is 10.6. The van der Waals surface area contributed by atoms with Crippen molar-refractivity contribution >= 4 is 16.5 Å². The van der Waals surface area contributed by atoms with Crippen LogP contribution >= 0.6 is 10.6 Å². The molecule has 1 unspecified atom stereocenters. The number of rotatable bonds is 4. The summed E-state index contributed by atoms with van der Waals surface area (Å²) >= 11 is 0. The molecule has 0 aromatic carbocycles.